The molecule has 10 heteroatoms. The number of ether oxygens (including phenoxy) is 1. The molecule has 2 amide bonds. The number of hydrogen-bond acceptors (Lipinski definition) is 5. The summed E-state index contributed by atoms with van der Waals surface area (Å²) in [7, 11) is 0. The highest BCUT2D eigenvalue weighted by Gasteiger charge is 2.31. The molecule has 1 rings (SSSR count). The minimum Gasteiger partial charge on any atom is -0.466 e. The number of halogens is 3. The lowest BCUT2D eigenvalue weighted by Crippen LogP contribution is -2.47. The molecule has 0 unspecified atom stereocenters. The van der Waals surface area contributed by atoms with E-state index in [2.05, 4.69) is 5.32 Å². The van der Waals surface area contributed by atoms with E-state index < -0.39 is 47.6 Å². The van der Waals surface area contributed by atoms with E-state index in [1.807, 2.05) is 0 Å². The molecule has 3 atom stereocenters. The van der Waals surface area contributed by atoms with Crippen LogP contribution in [0.25, 0.3) is 0 Å². The molecule has 1 aromatic carbocycles. The molecule has 0 saturated carbocycles. The molecule has 0 spiro atoms. The number of carbonyl (C=O) groups excluding carboxylic acids is 3. The molecule has 0 aromatic heterocycles. The van der Waals surface area contributed by atoms with Gasteiger partial charge >= 0.3 is 12.1 Å². The number of esters is 1. The Morgan fingerprint density at radius 3 is 2.22 bits per heavy atom. The molecule has 7 nitrogen and oxygen atoms in total. The van der Waals surface area contributed by atoms with Crippen LogP contribution in [0.15, 0.2) is 24.3 Å². The first-order valence-corrected chi connectivity index (χ1v) is 8.08. The molecule has 0 aliphatic heterocycles. The standard InChI is InChI=1S/C17H21F3N2O5/c1-3-27-16(26)9(2)8-12(14(21)24)22-15(25)13(23)10-4-6-11(7-5-10)17(18,19)20/h4-7,9,12-13,23H,3,8H2,1-2H3,(H2,21,24)(H,22,25)/t9-,12-,13+/m0/s1. The molecule has 0 aliphatic carbocycles. The van der Waals surface area contributed by atoms with Crippen molar-refractivity contribution in [1.82, 2.24) is 5.32 Å². The number of primary amides is 1. The highest BCUT2D eigenvalue weighted by atomic mass is 19.4. The lowest BCUT2D eigenvalue weighted by molar-refractivity contribution is -0.148. The highest BCUT2D eigenvalue weighted by molar-refractivity contribution is 5.89. The molecule has 0 saturated heterocycles. The topological polar surface area (TPSA) is 119 Å². The van der Waals surface area contributed by atoms with Crippen LogP contribution in [0.4, 0.5) is 13.2 Å². The van der Waals surface area contributed by atoms with Gasteiger partial charge in [-0.1, -0.05) is 19.1 Å². The number of aliphatic hydroxyl groups is 1. The highest BCUT2D eigenvalue weighted by Crippen LogP contribution is 2.30. The number of carbonyl (C=O) groups is 3. The van der Waals surface area contributed by atoms with E-state index >= 15 is 0 Å². The second kappa shape index (κ2) is 9.36. The average Bonchev–Trinajstić information content (AvgIpc) is 2.59. The summed E-state index contributed by atoms with van der Waals surface area (Å²) in [6.45, 7) is 3.23. The Morgan fingerprint density at radius 1 is 1.22 bits per heavy atom. The number of amides is 2. The van der Waals surface area contributed by atoms with Crippen molar-refractivity contribution in [3.05, 3.63) is 35.4 Å². The van der Waals surface area contributed by atoms with E-state index in [1.54, 1.807) is 6.92 Å². The van der Waals surface area contributed by atoms with Gasteiger partial charge in [0, 0.05) is 0 Å². The van der Waals surface area contributed by atoms with Crippen LogP contribution in [0, 0.1) is 5.92 Å². The molecular formula is C17H21F3N2O5. The first-order valence-electron chi connectivity index (χ1n) is 8.08. The summed E-state index contributed by atoms with van der Waals surface area (Å²) in [5.41, 5.74) is 4.17. The fraction of sp³-hybridized carbons (Fsp3) is 0.471. The van der Waals surface area contributed by atoms with E-state index in [4.69, 9.17) is 10.5 Å². The van der Waals surface area contributed by atoms with Crippen molar-refractivity contribution in [2.24, 2.45) is 11.7 Å². The number of nitrogens with one attached hydrogen (secondary N) is 1. The zero-order valence-corrected chi connectivity index (χ0v) is 14.7. The molecule has 0 aliphatic rings. The monoisotopic (exact) mass is 390 g/mol. The second-order valence-electron chi connectivity index (χ2n) is 5.87. The van der Waals surface area contributed by atoms with Gasteiger partial charge in [0.15, 0.2) is 6.10 Å². The predicted molar refractivity (Wildman–Crippen MR) is 87.9 cm³/mol. The molecule has 27 heavy (non-hydrogen) atoms. The van der Waals surface area contributed by atoms with Gasteiger partial charge < -0.3 is 20.9 Å². The summed E-state index contributed by atoms with van der Waals surface area (Å²) < 4.78 is 42.5. The molecule has 0 radical (unpaired) electrons. The number of benzene rings is 1. The number of nitrogens with two attached hydrogens (primary N) is 1. The minimum atomic E-state index is -4.55. The second-order valence-corrected chi connectivity index (χ2v) is 5.87. The largest absolute Gasteiger partial charge is 0.466 e. The van der Waals surface area contributed by atoms with Gasteiger partial charge in [-0.2, -0.15) is 13.2 Å². The van der Waals surface area contributed by atoms with Gasteiger partial charge in [0.1, 0.15) is 6.04 Å². The molecule has 1 aromatic rings. The third kappa shape index (κ3) is 6.55. The average molecular weight is 390 g/mol. The smallest absolute Gasteiger partial charge is 0.416 e. The van der Waals surface area contributed by atoms with Crippen LogP contribution in [0.3, 0.4) is 0 Å². The molecule has 0 fully saturated rings. The van der Waals surface area contributed by atoms with E-state index in [9.17, 15) is 32.7 Å². The van der Waals surface area contributed by atoms with Crippen LogP contribution in [-0.4, -0.2) is 35.5 Å². The van der Waals surface area contributed by atoms with E-state index in [0.717, 1.165) is 24.3 Å². The van der Waals surface area contributed by atoms with Crippen LogP contribution < -0.4 is 11.1 Å². The fourth-order valence-corrected chi connectivity index (χ4v) is 2.24. The van der Waals surface area contributed by atoms with Crippen molar-refractivity contribution in [2.45, 2.75) is 38.6 Å². The van der Waals surface area contributed by atoms with Crippen molar-refractivity contribution in [2.75, 3.05) is 6.61 Å². The lowest BCUT2D eigenvalue weighted by atomic mass is 10.0. The van der Waals surface area contributed by atoms with Crippen molar-refractivity contribution in [1.29, 1.82) is 0 Å². The Hall–Kier alpha value is -2.62. The Bertz CT molecular complexity index is 676. The van der Waals surface area contributed by atoms with Crippen LogP contribution >= 0.6 is 0 Å². The Labute approximate surface area is 153 Å². The maximum Gasteiger partial charge on any atom is 0.416 e. The Morgan fingerprint density at radius 2 is 1.78 bits per heavy atom. The summed E-state index contributed by atoms with van der Waals surface area (Å²) >= 11 is 0. The number of aliphatic hydroxyl groups excluding tert-OH is 1. The van der Waals surface area contributed by atoms with Gasteiger partial charge in [-0.15, -0.1) is 0 Å². The summed E-state index contributed by atoms with van der Waals surface area (Å²) in [6, 6.07) is 2.09. The van der Waals surface area contributed by atoms with Gasteiger partial charge in [-0.05, 0) is 31.0 Å². The first-order chi connectivity index (χ1) is 12.5. The summed E-state index contributed by atoms with van der Waals surface area (Å²) in [4.78, 5) is 35.3. The predicted octanol–water partition coefficient (Wildman–Crippen LogP) is 1.30. The summed E-state index contributed by atoms with van der Waals surface area (Å²) in [5, 5.41) is 12.2. The van der Waals surface area contributed by atoms with Crippen LogP contribution in [-0.2, 0) is 25.3 Å². The van der Waals surface area contributed by atoms with Gasteiger partial charge in [-0.25, -0.2) is 0 Å². The van der Waals surface area contributed by atoms with Gasteiger partial charge in [0.25, 0.3) is 5.91 Å². The molecule has 0 heterocycles. The van der Waals surface area contributed by atoms with Gasteiger partial charge in [0.05, 0.1) is 18.1 Å². The van der Waals surface area contributed by atoms with Crippen LogP contribution in [0.5, 0.6) is 0 Å². The van der Waals surface area contributed by atoms with E-state index in [1.165, 1.54) is 6.92 Å². The SMILES string of the molecule is CCOC(=O)[C@@H](C)C[C@H](NC(=O)[C@H](O)c1ccc(C(F)(F)F)cc1)C(N)=O. The zero-order chi connectivity index (χ0) is 20.8. The fourth-order valence-electron chi connectivity index (χ4n) is 2.24. The molecule has 150 valence electrons. The Balaban J connectivity index is 2.80. The third-order valence-electron chi connectivity index (χ3n) is 3.74. The van der Waals surface area contributed by atoms with Crippen molar-refractivity contribution in [3.63, 3.8) is 0 Å². The van der Waals surface area contributed by atoms with Crippen molar-refractivity contribution >= 4 is 17.8 Å². The maximum atomic E-state index is 12.6. The van der Waals surface area contributed by atoms with E-state index in [-0.39, 0.29) is 18.6 Å². The third-order valence-corrected chi connectivity index (χ3v) is 3.74. The van der Waals surface area contributed by atoms with Crippen LogP contribution in [0.1, 0.15) is 37.5 Å². The zero-order valence-electron chi connectivity index (χ0n) is 14.7. The molecular weight excluding hydrogens is 369 g/mol. The molecule has 0 bridgehead atoms. The first kappa shape index (κ1) is 22.4. The quantitative estimate of drug-likeness (QED) is 0.578. The van der Waals surface area contributed by atoms with Crippen molar-refractivity contribution < 1.29 is 37.4 Å². The normalized spacial score (nSPS) is 14.7. The van der Waals surface area contributed by atoms with E-state index in [0.29, 0.717) is 0 Å². The number of rotatable bonds is 8. The van der Waals surface area contributed by atoms with Crippen LogP contribution in [0.2, 0.25) is 0 Å². The van der Waals surface area contributed by atoms with Crippen molar-refractivity contribution in [3.8, 4) is 0 Å². The maximum absolute atomic E-state index is 12.6. The lowest BCUT2D eigenvalue weighted by Gasteiger charge is -2.20. The minimum absolute atomic E-state index is 0.0952. The Kier molecular flexibility index (Phi) is 7.77. The number of hydrogen-bond donors (Lipinski definition) is 3. The number of alkyl halides is 3. The summed E-state index contributed by atoms with van der Waals surface area (Å²) in [6.07, 6.45) is -6.52. The molecule has 4 N–H and O–H groups in total. The van der Waals surface area contributed by atoms with Gasteiger partial charge in [-0.3, -0.25) is 14.4 Å². The van der Waals surface area contributed by atoms with Gasteiger partial charge in [0.2, 0.25) is 5.91 Å². The summed E-state index contributed by atoms with van der Waals surface area (Å²) in [5.74, 6) is -3.29.